The van der Waals surface area contributed by atoms with Crippen LogP contribution in [0.5, 0.6) is 0 Å². The van der Waals surface area contributed by atoms with Crippen molar-refractivity contribution >= 4 is 27.3 Å². The van der Waals surface area contributed by atoms with Crippen LogP contribution in [-0.2, 0) is 6.54 Å². The summed E-state index contributed by atoms with van der Waals surface area (Å²) in [5.41, 5.74) is 3.45. The maximum absolute atomic E-state index is 13.2. The number of nitrogens with zero attached hydrogens (tertiary/aromatic N) is 1. The molecule has 1 unspecified atom stereocenters. The molecule has 1 aliphatic rings. The zero-order valence-corrected chi connectivity index (χ0v) is 12.8. The van der Waals surface area contributed by atoms with E-state index >= 15 is 0 Å². The lowest BCUT2D eigenvalue weighted by atomic mass is 10.1. The summed E-state index contributed by atoms with van der Waals surface area (Å²) in [7, 11) is 0. The van der Waals surface area contributed by atoms with E-state index in [1.807, 2.05) is 18.2 Å². The molecule has 0 spiro atoms. The van der Waals surface area contributed by atoms with Crippen LogP contribution in [0.25, 0.3) is 0 Å². The van der Waals surface area contributed by atoms with Gasteiger partial charge in [-0.15, -0.1) is 0 Å². The van der Waals surface area contributed by atoms with Gasteiger partial charge < -0.3 is 10.2 Å². The first kappa shape index (κ1) is 13.4. The van der Waals surface area contributed by atoms with E-state index in [1.165, 1.54) is 17.8 Å². The smallest absolute Gasteiger partial charge is 0.124 e. The zero-order valence-electron chi connectivity index (χ0n) is 11.2. The Morgan fingerprint density at radius 2 is 2.10 bits per heavy atom. The van der Waals surface area contributed by atoms with Crippen LogP contribution in [0.4, 0.5) is 15.8 Å². The third-order valence-electron chi connectivity index (χ3n) is 3.69. The summed E-state index contributed by atoms with van der Waals surface area (Å²) in [5.74, 6) is -0.214. The third-order valence-corrected chi connectivity index (χ3v) is 4.43. The minimum absolute atomic E-state index is 0.214. The second-order valence-electron chi connectivity index (χ2n) is 5.11. The maximum Gasteiger partial charge on any atom is 0.124 e. The van der Waals surface area contributed by atoms with Crippen LogP contribution in [0.2, 0.25) is 0 Å². The highest BCUT2D eigenvalue weighted by molar-refractivity contribution is 9.10. The van der Waals surface area contributed by atoms with E-state index in [0.717, 1.165) is 28.8 Å². The lowest BCUT2D eigenvalue weighted by Crippen LogP contribution is -2.41. The van der Waals surface area contributed by atoms with Gasteiger partial charge in [-0.2, -0.15) is 0 Å². The van der Waals surface area contributed by atoms with Gasteiger partial charge in [0.1, 0.15) is 5.82 Å². The highest BCUT2D eigenvalue weighted by atomic mass is 79.9. The Kier molecular flexibility index (Phi) is 3.66. The van der Waals surface area contributed by atoms with Crippen LogP contribution >= 0.6 is 15.9 Å². The summed E-state index contributed by atoms with van der Waals surface area (Å²) in [6.07, 6.45) is 0. The van der Waals surface area contributed by atoms with Gasteiger partial charge in [0.25, 0.3) is 0 Å². The highest BCUT2D eigenvalue weighted by Crippen LogP contribution is 2.33. The van der Waals surface area contributed by atoms with Crippen molar-refractivity contribution in [2.45, 2.75) is 19.5 Å². The monoisotopic (exact) mass is 334 g/mol. The van der Waals surface area contributed by atoms with Gasteiger partial charge >= 0.3 is 0 Å². The highest BCUT2D eigenvalue weighted by Gasteiger charge is 2.22. The Balaban J connectivity index is 1.93. The minimum atomic E-state index is -0.214. The average Bonchev–Trinajstić information content (AvgIpc) is 2.44. The van der Waals surface area contributed by atoms with Gasteiger partial charge in [-0.05, 0) is 36.8 Å². The summed E-state index contributed by atoms with van der Waals surface area (Å²) >= 11 is 3.45. The van der Waals surface area contributed by atoms with Gasteiger partial charge in [0, 0.05) is 23.6 Å². The molecular weight excluding hydrogens is 319 g/mol. The number of para-hydroxylation sites is 2. The fourth-order valence-corrected chi connectivity index (χ4v) is 3.03. The third kappa shape index (κ3) is 2.52. The fraction of sp³-hybridized carbons (Fsp3) is 0.250. The van der Waals surface area contributed by atoms with Crippen molar-refractivity contribution in [2.24, 2.45) is 0 Å². The van der Waals surface area contributed by atoms with Gasteiger partial charge in [0.05, 0.1) is 11.4 Å². The van der Waals surface area contributed by atoms with Gasteiger partial charge in [-0.1, -0.05) is 34.1 Å². The van der Waals surface area contributed by atoms with Crippen LogP contribution in [0.3, 0.4) is 0 Å². The standard InChI is InChI=1S/C16H16BrFN2/c1-11-9-19-15-4-2-3-5-16(15)20(11)10-12-6-7-13(18)8-14(12)17/h2-8,11,19H,9-10H2,1H3. The van der Waals surface area contributed by atoms with Crippen molar-refractivity contribution in [1.29, 1.82) is 0 Å². The van der Waals surface area contributed by atoms with Gasteiger partial charge in [0.15, 0.2) is 0 Å². The Hall–Kier alpha value is -1.55. The molecule has 0 amide bonds. The zero-order chi connectivity index (χ0) is 14.1. The quantitative estimate of drug-likeness (QED) is 0.875. The van der Waals surface area contributed by atoms with Crippen molar-refractivity contribution in [3.05, 3.63) is 58.3 Å². The number of halogens is 2. The topological polar surface area (TPSA) is 15.3 Å². The first-order chi connectivity index (χ1) is 9.65. The van der Waals surface area contributed by atoms with Crippen molar-refractivity contribution in [1.82, 2.24) is 0 Å². The molecule has 2 aromatic rings. The Morgan fingerprint density at radius 3 is 2.90 bits per heavy atom. The molecule has 0 saturated carbocycles. The van der Waals surface area contributed by atoms with Crippen molar-refractivity contribution in [3.63, 3.8) is 0 Å². The van der Waals surface area contributed by atoms with E-state index in [2.05, 4.69) is 45.2 Å². The summed E-state index contributed by atoms with van der Waals surface area (Å²) in [6, 6.07) is 13.6. The summed E-state index contributed by atoms with van der Waals surface area (Å²) in [6.45, 7) is 3.87. The fourth-order valence-electron chi connectivity index (χ4n) is 2.55. The van der Waals surface area contributed by atoms with Crippen LogP contribution < -0.4 is 10.2 Å². The molecule has 104 valence electrons. The SMILES string of the molecule is CC1CNc2ccccc2N1Cc1ccc(F)cc1Br. The molecule has 4 heteroatoms. The van der Waals surface area contributed by atoms with Crippen molar-refractivity contribution in [2.75, 3.05) is 16.8 Å². The van der Waals surface area contributed by atoms with Crippen LogP contribution in [0, 0.1) is 5.82 Å². The summed E-state index contributed by atoms with van der Waals surface area (Å²) in [5, 5.41) is 3.44. The molecule has 0 aliphatic carbocycles. The number of hydrogen-bond acceptors (Lipinski definition) is 2. The lowest BCUT2D eigenvalue weighted by Gasteiger charge is -2.38. The molecule has 3 rings (SSSR count). The van der Waals surface area contributed by atoms with E-state index in [0.29, 0.717) is 6.04 Å². The van der Waals surface area contributed by atoms with E-state index < -0.39 is 0 Å². The number of hydrogen-bond donors (Lipinski definition) is 1. The maximum atomic E-state index is 13.2. The number of rotatable bonds is 2. The Bertz CT molecular complexity index is 630. The van der Waals surface area contributed by atoms with Crippen molar-refractivity contribution in [3.8, 4) is 0 Å². The van der Waals surface area contributed by atoms with Crippen LogP contribution in [0.15, 0.2) is 46.9 Å². The second-order valence-corrected chi connectivity index (χ2v) is 5.97. The predicted molar refractivity (Wildman–Crippen MR) is 84.7 cm³/mol. The van der Waals surface area contributed by atoms with Crippen LogP contribution in [-0.4, -0.2) is 12.6 Å². The van der Waals surface area contributed by atoms with Crippen LogP contribution in [0.1, 0.15) is 12.5 Å². The molecule has 0 radical (unpaired) electrons. The average molecular weight is 335 g/mol. The predicted octanol–water partition coefficient (Wildman–Crippen LogP) is 4.41. The molecule has 2 aromatic carbocycles. The Morgan fingerprint density at radius 1 is 1.30 bits per heavy atom. The normalized spacial score (nSPS) is 17.6. The molecule has 1 atom stereocenters. The van der Waals surface area contributed by atoms with E-state index in [-0.39, 0.29) is 5.82 Å². The van der Waals surface area contributed by atoms with E-state index in [9.17, 15) is 4.39 Å². The van der Waals surface area contributed by atoms with E-state index in [4.69, 9.17) is 0 Å². The first-order valence-electron chi connectivity index (χ1n) is 6.68. The molecule has 0 bridgehead atoms. The molecule has 1 heterocycles. The molecular formula is C16H16BrFN2. The number of anilines is 2. The number of benzene rings is 2. The lowest BCUT2D eigenvalue weighted by molar-refractivity contribution is 0.620. The second kappa shape index (κ2) is 5.44. The molecule has 2 nitrogen and oxygen atoms in total. The molecule has 1 N–H and O–H groups in total. The minimum Gasteiger partial charge on any atom is -0.381 e. The molecule has 20 heavy (non-hydrogen) atoms. The first-order valence-corrected chi connectivity index (χ1v) is 7.48. The van der Waals surface area contributed by atoms with E-state index in [1.54, 1.807) is 0 Å². The number of fused-ring (bicyclic) bond motifs is 1. The number of nitrogens with one attached hydrogen (secondary N) is 1. The molecule has 0 aromatic heterocycles. The molecule has 0 saturated heterocycles. The Labute approximate surface area is 126 Å². The summed E-state index contributed by atoms with van der Waals surface area (Å²) < 4.78 is 14.0. The largest absolute Gasteiger partial charge is 0.381 e. The van der Waals surface area contributed by atoms with Crippen molar-refractivity contribution < 1.29 is 4.39 Å². The van der Waals surface area contributed by atoms with Gasteiger partial charge in [0.2, 0.25) is 0 Å². The molecule has 1 aliphatic heterocycles. The summed E-state index contributed by atoms with van der Waals surface area (Å²) in [4.78, 5) is 2.35. The van der Waals surface area contributed by atoms with Gasteiger partial charge in [-0.25, -0.2) is 4.39 Å². The van der Waals surface area contributed by atoms with Gasteiger partial charge in [-0.3, -0.25) is 0 Å². The molecule has 0 fully saturated rings.